The molecule has 5 nitrogen and oxygen atoms in total. The number of amides is 2. The number of anilines is 1. The summed E-state index contributed by atoms with van der Waals surface area (Å²) in [5.41, 5.74) is 4.15. The Balaban J connectivity index is 1.33. The van der Waals surface area contributed by atoms with Gasteiger partial charge in [0.2, 0.25) is 0 Å². The number of nitrogens with one attached hydrogen (secondary N) is 2. The average Bonchev–Trinajstić information content (AvgIpc) is 2.89. The number of rotatable bonds is 8. The number of ether oxygens (including phenoxy) is 1. The summed E-state index contributed by atoms with van der Waals surface area (Å²) in [4.78, 5) is 25.2. The van der Waals surface area contributed by atoms with Crippen LogP contribution in [0.1, 0.15) is 28.9 Å². The molecule has 0 saturated heterocycles. The van der Waals surface area contributed by atoms with Crippen LogP contribution in [0.25, 0.3) is 11.1 Å². The summed E-state index contributed by atoms with van der Waals surface area (Å²) in [5.74, 6) is 0.0400. The van der Waals surface area contributed by atoms with E-state index in [0.717, 1.165) is 21.2 Å². The SMILES string of the molecule is CC(NC(=O)c1cccc(NC(=O)COc2ccc(-c3ccccc3)cc2Br)c1)c1ccccc1. The Bertz CT molecular complexity index is 1310. The Kier molecular flexibility index (Phi) is 7.95. The monoisotopic (exact) mass is 528 g/mol. The lowest BCUT2D eigenvalue weighted by atomic mass is 10.1. The zero-order chi connectivity index (χ0) is 24.6. The second-order valence-corrected chi connectivity index (χ2v) is 8.89. The Morgan fingerprint density at radius 2 is 1.54 bits per heavy atom. The van der Waals surface area contributed by atoms with Gasteiger partial charge in [-0.3, -0.25) is 9.59 Å². The van der Waals surface area contributed by atoms with E-state index in [9.17, 15) is 9.59 Å². The molecule has 0 saturated carbocycles. The van der Waals surface area contributed by atoms with Gasteiger partial charge >= 0.3 is 0 Å². The molecular weight excluding hydrogens is 504 g/mol. The maximum absolute atomic E-state index is 12.7. The minimum absolute atomic E-state index is 0.137. The number of benzene rings is 4. The van der Waals surface area contributed by atoms with Crippen LogP contribution in [0.15, 0.2) is 108 Å². The molecule has 6 heteroatoms. The Morgan fingerprint density at radius 1 is 0.829 bits per heavy atom. The van der Waals surface area contributed by atoms with Crippen molar-refractivity contribution in [1.82, 2.24) is 5.32 Å². The van der Waals surface area contributed by atoms with Gasteiger partial charge in [-0.15, -0.1) is 0 Å². The normalized spacial score (nSPS) is 11.4. The first-order valence-corrected chi connectivity index (χ1v) is 12.0. The number of hydrogen-bond acceptors (Lipinski definition) is 3. The molecule has 176 valence electrons. The van der Waals surface area contributed by atoms with E-state index in [0.29, 0.717) is 17.0 Å². The van der Waals surface area contributed by atoms with Crippen LogP contribution in [0.2, 0.25) is 0 Å². The minimum atomic E-state index is -0.320. The van der Waals surface area contributed by atoms with Gasteiger partial charge in [0, 0.05) is 11.3 Å². The van der Waals surface area contributed by atoms with E-state index < -0.39 is 0 Å². The molecule has 0 radical (unpaired) electrons. The molecule has 4 aromatic carbocycles. The number of halogens is 1. The topological polar surface area (TPSA) is 67.4 Å². The lowest BCUT2D eigenvalue weighted by Crippen LogP contribution is -2.27. The standard InChI is InChI=1S/C29H25BrN2O3/c1-20(21-9-4-2-5-10-21)31-29(34)24-13-8-14-25(17-24)32-28(33)19-35-27-16-15-23(18-26(27)30)22-11-6-3-7-12-22/h2-18,20H,19H2,1H3,(H,31,34)(H,32,33). The van der Waals surface area contributed by atoms with Crippen LogP contribution < -0.4 is 15.4 Å². The molecule has 0 aromatic heterocycles. The van der Waals surface area contributed by atoms with E-state index in [-0.39, 0.29) is 24.5 Å². The van der Waals surface area contributed by atoms with Crippen LogP contribution >= 0.6 is 15.9 Å². The maximum Gasteiger partial charge on any atom is 0.262 e. The Morgan fingerprint density at radius 3 is 2.26 bits per heavy atom. The zero-order valence-corrected chi connectivity index (χ0v) is 20.8. The van der Waals surface area contributed by atoms with E-state index >= 15 is 0 Å². The Hall–Kier alpha value is -3.90. The van der Waals surface area contributed by atoms with Gasteiger partial charge in [0.1, 0.15) is 5.75 Å². The van der Waals surface area contributed by atoms with Crippen molar-refractivity contribution < 1.29 is 14.3 Å². The van der Waals surface area contributed by atoms with Crippen LogP contribution in [0.3, 0.4) is 0 Å². The van der Waals surface area contributed by atoms with E-state index in [1.165, 1.54) is 0 Å². The second-order valence-electron chi connectivity index (χ2n) is 8.03. The minimum Gasteiger partial charge on any atom is -0.483 e. The van der Waals surface area contributed by atoms with E-state index in [1.54, 1.807) is 24.3 Å². The van der Waals surface area contributed by atoms with Crippen molar-refractivity contribution in [2.24, 2.45) is 0 Å². The highest BCUT2D eigenvalue weighted by molar-refractivity contribution is 9.10. The Labute approximate surface area is 213 Å². The molecule has 0 fully saturated rings. The molecule has 0 heterocycles. The summed E-state index contributed by atoms with van der Waals surface area (Å²) in [6, 6.07) is 32.2. The fourth-order valence-electron chi connectivity index (χ4n) is 3.61. The molecule has 0 bridgehead atoms. The predicted octanol–water partition coefficient (Wildman–Crippen LogP) is 6.62. The van der Waals surface area contributed by atoms with Crippen LogP contribution in [0.5, 0.6) is 5.75 Å². The predicted molar refractivity (Wildman–Crippen MR) is 142 cm³/mol. The molecular formula is C29H25BrN2O3. The van der Waals surface area contributed by atoms with Crippen molar-refractivity contribution in [3.05, 3.63) is 119 Å². The van der Waals surface area contributed by atoms with Gasteiger partial charge in [-0.2, -0.15) is 0 Å². The first kappa shape index (κ1) is 24.2. The van der Waals surface area contributed by atoms with E-state index in [2.05, 4.69) is 26.6 Å². The van der Waals surface area contributed by atoms with Gasteiger partial charge in [-0.1, -0.05) is 72.8 Å². The van der Waals surface area contributed by atoms with Crippen LogP contribution in [-0.4, -0.2) is 18.4 Å². The van der Waals surface area contributed by atoms with Crippen molar-refractivity contribution in [2.75, 3.05) is 11.9 Å². The molecule has 0 aliphatic carbocycles. The molecule has 2 amide bonds. The molecule has 0 aliphatic heterocycles. The van der Waals surface area contributed by atoms with Crippen LogP contribution in [0, 0.1) is 0 Å². The van der Waals surface area contributed by atoms with Crippen molar-refractivity contribution in [1.29, 1.82) is 0 Å². The van der Waals surface area contributed by atoms with Crippen LogP contribution in [0.4, 0.5) is 5.69 Å². The van der Waals surface area contributed by atoms with Gasteiger partial charge in [0.05, 0.1) is 10.5 Å². The molecule has 2 N–H and O–H groups in total. The molecule has 4 rings (SSSR count). The lowest BCUT2D eigenvalue weighted by Gasteiger charge is -2.15. The number of carbonyl (C=O) groups is 2. The molecule has 1 atom stereocenters. The highest BCUT2D eigenvalue weighted by Gasteiger charge is 2.13. The maximum atomic E-state index is 12.7. The van der Waals surface area contributed by atoms with Crippen molar-refractivity contribution >= 4 is 33.4 Å². The van der Waals surface area contributed by atoms with Gasteiger partial charge in [-0.25, -0.2) is 0 Å². The average molecular weight is 529 g/mol. The zero-order valence-electron chi connectivity index (χ0n) is 19.2. The van der Waals surface area contributed by atoms with Crippen molar-refractivity contribution in [3.63, 3.8) is 0 Å². The van der Waals surface area contributed by atoms with Crippen molar-refractivity contribution in [2.45, 2.75) is 13.0 Å². The van der Waals surface area contributed by atoms with Gasteiger partial charge in [0.25, 0.3) is 11.8 Å². The third-order valence-electron chi connectivity index (χ3n) is 5.45. The van der Waals surface area contributed by atoms with E-state index in [1.807, 2.05) is 85.8 Å². The highest BCUT2D eigenvalue weighted by atomic mass is 79.9. The molecule has 35 heavy (non-hydrogen) atoms. The fourth-order valence-corrected chi connectivity index (χ4v) is 4.10. The summed E-state index contributed by atoms with van der Waals surface area (Å²) >= 11 is 3.52. The highest BCUT2D eigenvalue weighted by Crippen LogP contribution is 2.30. The van der Waals surface area contributed by atoms with Crippen molar-refractivity contribution in [3.8, 4) is 16.9 Å². The first-order chi connectivity index (χ1) is 17.0. The molecule has 0 aliphatic rings. The largest absolute Gasteiger partial charge is 0.483 e. The number of carbonyl (C=O) groups excluding carboxylic acids is 2. The molecule has 1 unspecified atom stereocenters. The first-order valence-electron chi connectivity index (χ1n) is 11.2. The number of hydrogen-bond donors (Lipinski definition) is 2. The second kappa shape index (κ2) is 11.5. The summed E-state index contributed by atoms with van der Waals surface area (Å²) in [5, 5.41) is 5.77. The molecule has 4 aromatic rings. The lowest BCUT2D eigenvalue weighted by molar-refractivity contribution is -0.118. The quantitative estimate of drug-likeness (QED) is 0.270. The van der Waals surface area contributed by atoms with Crippen LogP contribution in [-0.2, 0) is 4.79 Å². The fraction of sp³-hybridized carbons (Fsp3) is 0.103. The van der Waals surface area contributed by atoms with E-state index in [4.69, 9.17) is 4.74 Å². The van der Waals surface area contributed by atoms with Gasteiger partial charge in [-0.05, 0) is 69.9 Å². The summed E-state index contributed by atoms with van der Waals surface area (Å²) in [6.07, 6.45) is 0. The summed E-state index contributed by atoms with van der Waals surface area (Å²) < 4.78 is 6.46. The van der Waals surface area contributed by atoms with Gasteiger partial charge < -0.3 is 15.4 Å². The smallest absolute Gasteiger partial charge is 0.262 e. The third kappa shape index (κ3) is 6.58. The summed E-state index contributed by atoms with van der Waals surface area (Å²) in [6.45, 7) is 1.77. The van der Waals surface area contributed by atoms with Gasteiger partial charge in [0.15, 0.2) is 6.61 Å². The third-order valence-corrected chi connectivity index (χ3v) is 6.07. The molecule has 0 spiro atoms. The summed E-state index contributed by atoms with van der Waals surface area (Å²) in [7, 11) is 0.